The van der Waals surface area contributed by atoms with Gasteiger partial charge in [-0.3, -0.25) is 0 Å². The van der Waals surface area contributed by atoms with Crippen LogP contribution in [-0.2, 0) is 13.1 Å². The average Bonchev–Trinajstić information content (AvgIpc) is 2.96. The second-order valence-corrected chi connectivity index (χ2v) is 5.81. The van der Waals surface area contributed by atoms with Crippen LogP contribution in [0.2, 0.25) is 0 Å². The van der Waals surface area contributed by atoms with Gasteiger partial charge in [-0.15, -0.1) is 0 Å². The zero-order valence-corrected chi connectivity index (χ0v) is 13.1. The molecule has 0 atom stereocenters. The second kappa shape index (κ2) is 6.24. The summed E-state index contributed by atoms with van der Waals surface area (Å²) in [6.45, 7) is 1.33. The van der Waals surface area contributed by atoms with Crippen molar-refractivity contribution in [3.63, 3.8) is 0 Å². The van der Waals surface area contributed by atoms with Crippen molar-refractivity contribution in [2.75, 3.05) is 0 Å². The predicted octanol–water partition coefficient (Wildman–Crippen LogP) is 3.82. The fraction of sp³-hybridized carbons (Fsp3) is 0.118. The Balaban J connectivity index is 1.96. The van der Waals surface area contributed by atoms with Gasteiger partial charge in [0, 0.05) is 23.1 Å². The first-order valence-corrected chi connectivity index (χ1v) is 7.60. The summed E-state index contributed by atoms with van der Waals surface area (Å²) in [4.78, 5) is 4.30. The van der Waals surface area contributed by atoms with Crippen LogP contribution >= 0.6 is 15.9 Å². The number of benzene rings is 2. The van der Waals surface area contributed by atoms with Gasteiger partial charge < -0.3 is 10.3 Å². The number of imidazole rings is 1. The second-order valence-electron chi connectivity index (χ2n) is 4.89. The quantitative estimate of drug-likeness (QED) is 0.783. The van der Waals surface area contributed by atoms with Crippen LogP contribution in [0.3, 0.4) is 0 Å². The molecule has 0 unspecified atom stereocenters. The molecule has 0 bridgehead atoms. The monoisotopic (exact) mass is 341 g/mol. The Hall–Kier alpha value is -1.91. The smallest absolute Gasteiger partial charge is 0.0954 e. The minimum absolute atomic E-state index is 0.553. The highest BCUT2D eigenvalue weighted by Gasteiger charge is 2.08. The molecule has 1 aromatic heterocycles. The lowest BCUT2D eigenvalue weighted by Gasteiger charge is -2.11. The largest absolute Gasteiger partial charge is 0.326 e. The Kier molecular flexibility index (Phi) is 4.18. The highest BCUT2D eigenvalue weighted by atomic mass is 79.9. The van der Waals surface area contributed by atoms with Gasteiger partial charge in [-0.1, -0.05) is 52.3 Å². The van der Waals surface area contributed by atoms with Crippen LogP contribution in [0.4, 0.5) is 0 Å². The van der Waals surface area contributed by atoms with E-state index < -0.39 is 0 Å². The van der Waals surface area contributed by atoms with Crippen molar-refractivity contribution in [2.45, 2.75) is 13.1 Å². The van der Waals surface area contributed by atoms with Crippen LogP contribution in [0.15, 0.2) is 65.5 Å². The van der Waals surface area contributed by atoms with Gasteiger partial charge in [-0.05, 0) is 23.3 Å². The van der Waals surface area contributed by atoms with Gasteiger partial charge in [0.25, 0.3) is 0 Å². The van der Waals surface area contributed by atoms with Crippen LogP contribution in [0, 0.1) is 0 Å². The summed E-state index contributed by atoms with van der Waals surface area (Å²) in [5.74, 6) is 0. The third kappa shape index (κ3) is 3.06. The van der Waals surface area contributed by atoms with E-state index in [0.29, 0.717) is 6.54 Å². The highest BCUT2D eigenvalue weighted by Crippen LogP contribution is 2.24. The van der Waals surface area contributed by atoms with E-state index in [1.54, 1.807) is 0 Å². The molecule has 0 radical (unpaired) electrons. The number of nitrogens with zero attached hydrogens (tertiary/aromatic N) is 2. The summed E-state index contributed by atoms with van der Waals surface area (Å²) in [5, 5.41) is 0. The lowest BCUT2D eigenvalue weighted by atomic mass is 10.1. The van der Waals surface area contributed by atoms with E-state index in [1.807, 2.05) is 36.8 Å². The Labute approximate surface area is 132 Å². The third-order valence-corrected chi connectivity index (χ3v) is 4.00. The van der Waals surface area contributed by atoms with Gasteiger partial charge in [-0.25, -0.2) is 4.98 Å². The van der Waals surface area contributed by atoms with Gasteiger partial charge >= 0.3 is 0 Å². The van der Waals surface area contributed by atoms with Gasteiger partial charge in [-0.2, -0.15) is 0 Å². The van der Waals surface area contributed by atoms with Crippen LogP contribution in [0.5, 0.6) is 0 Å². The minimum atomic E-state index is 0.553. The molecule has 0 saturated carbocycles. The summed E-state index contributed by atoms with van der Waals surface area (Å²) in [6, 6.07) is 16.5. The Morgan fingerprint density at radius 1 is 1.05 bits per heavy atom. The fourth-order valence-electron chi connectivity index (χ4n) is 2.43. The van der Waals surface area contributed by atoms with Crippen molar-refractivity contribution >= 4 is 15.9 Å². The molecule has 2 aromatic carbocycles. The lowest BCUT2D eigenvalue weighted by Crippen LogP contribution is -2.06. The maximum atomic E-state index is 5.82. The maximum Gasteiger partial charge on any atom is 0.0954 e. The van der Waals surface area contributed by atoms with Crippen molar-refractivity contribution in [1.82, 2.24) is 9.55 Å². The number of hydrogen-bond donors (Lipinski definition) is 1. The summed E-state index contributed by atoms with van der Waals surface area (Å²) in [5.41, 5.74) is 10.5. The molecule has 0 spiro atoms. The maximum absolute atomic E-state index is 5.82. The summed E-state index contributed by atoms with van der Waals surface area (Å²) < 4.78 is 3.21. The van der Waals surface area contributed by atoms with Crippen LogP contribution in [0.25, 0.3) is 11.3 Å². The number of aromatic nitrogens is 2. The average molecular weight is 342 g/mol. The van der Waals surface area contributed by atoms with Gasteiger partial charge in [0.2, 0.25) is 0 Å². The SMILES string of the molecule is NCc1ccccc1Cn1cncc1-c1cccc(Br)c1. The van der Waals surface area contributed by atoms with Crippen molar-refractivity contribution in [2.24, 2.45) is 5.73 Å². The topological polar surface area (TPSA) is 43.8 Å². The minimum Gasteiger partial charge on any atom is -0.326 e. The summed E-state index contributed by atoms with van der Waals surface area (Å²) in [7, 11) is 0. The Morgan fingerprint density at radius 3 is 2.62 bits per heavy atom. The molecule has 0 fully saturated rings. The van der Waals surface area contributed by atoms with E-state index in [4.69, 9.17) is 5.73 Å². The molecule has 0 saturated heterocycles. The first kappa shape index (κ1) is 14.0. The molecule has 1 heterocycles. The zero-order chi connectivity index (χ0) is 14.7. The Morgan fingerprint density at radius 2 is 1.86 bits per heavy atom. The normalized spacial score (nSPS) is 10.8. The predicted molar refractivity (Wildman–Crippen MR) is 88.8 cm³/mol. The molecule has 3 rings (SSSR count). The standard InChI is InChI=1S/C17H16BrN3/c18-16-7-3-6-13(8-16)17-10-20-12-21(17)11-15-5-2-1-4-14(15)9-19/h1-8,10,12H,9,11,19H2. The molecule has 0 aliphatic rings. The van der Waals surface area contributed by atoms with Crippen LogP contribution < -0.4 is 5.73 Å². The molecule has 3 nitrogen and oxygen atoms in total. The Bertz CT molecular complexity index is 749. The molecule has 2 N–H and O–H groups in total. The molecular formula is C17H16BrN3. The molecule has 4 heteroatoms. The molecule has 0 aliphatic carbocycles. The molecule has 0 aliphatic heterocycles. The van der Waals surface area contributed by atoms with E-state index in [1.165, 1.54) is 11.1 Å². The van der Waals surface area contributed by atoms with Crippen molar-refractivity contribution < 1.29 is 0 Å². The van der Waals surface area contributed by atoms with E-state index in [-0.39, 0.29) is 0 Å². The molecule has 3 aromatic rings. The highest BCUT2D eigenvalue weighted by molar-refractivity contribution is 9.10. The van der Waals surface area contributed by atoms with E-state index in [0.717, 1.165) is 22.3 Å². The van der Waals surface area contributed by atoms with Crippen molar-refractivity contribution in [3.05, 3.63) is 76.7 Å². The number of nitrogens with two attached hydrogens (primary N) is 1. The number of hydrogen-bond acceptors (Lipinski definition) is 2. The summed E-state index contributed by atoms with van der Waals surface area (Å²) >= 11 is 3.52. The first-order chi connectivity index (χ1) is 10.3. The van der Waals surface area contributed by atoms with Crippen molar-refractivity contribution in [1.29, 1.82) is 0 Å². The molecule has 21 heavy (non-hydrogen) atoms. The van der Waals surface area contributed by atoms with Crippen LogP contribution in [-0.4, -0.2) is 9.55 Å². The fourth-order valence-corrected chi connectivity index (χ4v) is 2.83. The molecule has 0 amide bonds. The number of halogens is 1. The van der Waals surface area contributed by atoms with E-state index in [9.17, 15) is 0 Å². The van der Waals surface area contributed by atoms with Crippen LogP contribution in [0.1, 0.15) is 11.1 Å². The van der Waals surface area contributed by atoms with Gasteiger partial charge in [0.05, 0.1) is 18.2 Å². The molecular weight excluding hydrogens is 326 g/mol. The zero-order valence-electron chi connectivity index (χ0n) is 11.5. The van der Waals surface area contributed by atoms with Crippen molar-refractivity contribution in [3.8, 4) is 11.3 Å². The lowest BCUT2D eigenvalue weighted by molar-refractivity contribution is 0.791. The summed E-state index contributed by atoms with van der Waals surface area (Å²) in [6.07, 6.45) is 3.76. The first-order valence-electron chi connectivity index (χ1n) is 6.81. The van der Waals surface area contributed by atoms with E-state index >= 15 is 0 Å². The number of rotatable bonds is 4. The third-order valence-electron chi connectivity index (χ3n) is 3.51. The van der Waals surface area contributed by atoms with E-state index in [2.05, 4.69) is 49.7 Å². The van der Waals surface area contributed by atoms with Gasteiger partial charge in [0.15, 0.2) is 0 Å². The van der Waals surface area contributed by atoms with Gasteiger partial charge in [0.1, 0.15) is 0 Å². The molecule has 106 valence electrons.